The molecule has 0 N–H and O–H groups in total. The van der Waals surface area contributed by atoms with Gasteiger partial charge in [-0.15, -0.1) is 0 Å². The molecule has 0 fully saturated rings. The third kappa shape index (κ3) is 10.1. The van der Waals surface area contributed by atoms with E-state index in [1.165, 1.54) is 48.9 Å². The van der Waals surface area contributed by atoms with Crippen LogP contribution in [0.3, 0.4) is 0 Å². The first-order valence-corrected chi connectivity index (χ1v) is 19.2. The first-order chi connectivity index (χ1) is 19.6. The van der Waals surface area contributed by atoms with Crippen molar-refractivity contribution < 1.29 is 13.6 Å². The molecule has 230 valence electrons. The van der Waals surface area contributed by atoms with E-state index < -0.39 is 8.60 Å². The van der Waals surface area contributed by atoms with E-state index in [1.54, 1.807) is 0 Å². The van der Waals surface area contributed by atoms with Crippen molar-refractivity contribution in [1.82, 2.24) is 0 Å². The second-order valence-corrected chi connectivity index (χ2v) is 22.5. The molecule has 3 aromatic rings. The van der Waals surface area contributed by atoms with Crippen LogP contribution in [-0.4, -0.2) is 28.6 Å². The fourth-order valence-corrected chi connectivity index (χ4v) is 9.97. The molecule has 6 radical (unpaired) electrons. The maximum Gasteiger partial charge on any atom is 0.530 e. The lowest BCUT2D eigenvalue weighted by atomic mass is 10.1. The summed E-state index contributed by atoms with van der Waals surface area (Å²) in [5, 5.41) is 4.14. The van der Waals surface area contributed by atoms with Crippen LogP contribution in [0.15, 0.2) is 36.4 Å². The second kappa shape index (κ2) is 13.6. The van der Waals surface area contributed by atoms with Crippen LogP contribution < -0.4 is 29.1 Å². The van der Waals surface area contributed by atoms with E-state index in [0.717, 1.165) is 17.2 Å². The van der Waals surface area contributed by atoms with Gasteiger partial charge in [0.05, 0.1) is 28.6 Å². The lowest BCUT2D eigenvalue weighted by Gasteiger charge is -2.27. The zero-order valence-electron chi connectivity index (χ0n) is 29.1. The Balaban J connectivity index is 2.18. The Labute approximate surface area is 271 Å². The van der Waals surface area contributed by atoms with Gasteiger partial charge < -0.3 is 13.6 Å². The van der Waals surface area contributed by atoms with E-state index >= 15 is 0 Å². The van der Waals surface area contributed by atoms with Crippen molar-refractivity contribution in [2.24, 2.45) is 0 Å². The lowest BCUT2D eigenvalue weighted by molar-refractivity contribution is 0.391. The Morgan fingerprint density at radius 2 is 0.651 bits per heavy atom. The van der Waals surface area contributed by atoms with Crippen molar-refractivity contribution in [2.75, 3.05) is 0 Å². The normalized spacial score (nSPS) is 12.6. The molecule has 0 aliphatic carbocycles. The molecule has 0 aliphatic rings. The Morgan fingerprint density at radius 1 is 0.419 bits per heavy atom. The SMILES string of the molecule is Cc1ccc(OP(Oc2ccc(C)c(C)c2[Si]C(C)(C)C)Oc2ccc(C)c(C)c2[Si]C(C)(C)C)c([Si]C(C)(C)C)c1C. The molecular weight excluding hydrogens is 596 g/mol. The highest BCUT2D eigenvalue weighted by Crippen LogP contribution is 2.43. The summed E-state index contributed by atoms with van der Waals surface area (Å²) in [5.41, 5.74) is 7.66. The zero-order valence-corrected chi connectivity index (χ0v) is 33.0. The van der Waals surface area contributed by atoms with Crippen LogP contribution in [-0.2, 0) is 0 Å². The summed E-state index contributed by atoms with van der Waals surface area (Å²) in [7, 11) is -0.0366. The summed E-state index contributed by atoms with van der Waals surface area (Å²) in [6.07, 6.45) is 0. The third-order valence-corrected chi connectivity index (χ3v) is 13.0. The molecule has 0 atom stereocenters. The summed E-state index contributed by atoms with van der Waals surface area (Å²) in [6.45, 7) is 33.7. The van der Waals surface area contributed by atoms with Gasteiger partial charge in [0, 0.05) is 0 Å². The number of hydrogen-bond acceptors (Lipinski definition) is 3. The molecule has 0 aliphatic heterocycles. The quantitative estimate of drug-likeness (QED) is 0.172. The van der Waals surface area contributed by atoms with Gasteiger partial charge in [-0.05, 0) is 124 Å². The Kier molecular flexibility index (Phi) is 11.3. The summed E-state index contributed by atoms with van der Waals surface area (Å²) >= 11 is 0. The van der Waals surface area contributed by atoms with Crippen LogP contribution >= 0.6 is 8.60 Å². The Morgan fingerprint density at radius 3 is 0.860 bits per heavy atom. The van der Waals surface area contributed by atoms with E-state index in [1.807, 2.05) is 0 Å². The van der Waals surface area contributed by atoms with Crippen molar-refractivity contribution in [2.45, 2.75) is 119 Å². The topological polar surface area (TPSA) is 27.7 Å². The molecule has 0 spiro atoms. The molecule has 0 amide bonds. The second-order valence-electron chi connectivity index (χ2n) is 14.8. The monoisotopic (exact) mass is 646 g/mol. The summed E-state index contributed by atoms with van der Waals surface area (Å²) in [5.74, 6) is 2.57. The molecule has 3 aromatic carbocycles. The maximum absolute atomic E-state index is 6.88. The molecule has 0 heterocycles. The third-order valence-electron chi connectivity index (χ3n) is 7.11. The van der Waals surface area contributed by atoms with Crippen LogP contribution in [0.2, 0.25) is 15.1 Å². The zero-order chi connectivity index (χ0) is 32.5. The fourth-order valence-electron chi connectivity index (χ4n) is 4.49. The molecule has 43 heavy (non-hydrogen) atoms. The minimum absolute atomic E-state index is 0.130. The average Bonchev–Trinajstić information content (AvgIpc) is 2.85. The number of hydrogen-bond donors (Lipinski definition) is 0. The van der Waals surface area contributed by atoms with Gasteiger partial charge >= 0.3 is 8.60 Å². The van der Waals surface area contributed by atoms with Gasteiger partial charge in [0.1, 0.15) is 17.2 Å². The molecule has 0 aromatic heterocycles. The molecule has 3 rings (SSSR count). The van der Waals surface area contributed by atoms with Crippen molar-refractivity contribution in [3.05, 3.63) is 69.8 Å². The number of aryl methyl sites for hydroxylation is 3. The minimum atomic E-state index is -1.82. The Bertz CT molecular complexity index is 1270. The van der Waals surface area contributed by atoms with Crippen molar-refractivity contribution in [1.29, 1.82) is 0 Å². The van der Waals surface area contributed by atoms with Gasteiger partial charge in [0.2, 0.25) is 0 Å². The smallest absolute Gasteiger partial charge is 0.409 e. The van der Waals surface area contributed by atoms with Crippen molar-refractivity contribution in [3.63, 3.8) is 0 Å². The van der Waals surface area contributed by atoms with Gasteiger partial charge in [0.15, 0.2) is 0 Å². The van der Waals surface area contributed by atoms with E-state index in [9.17, 15) is 0 Å². The predicted molar refractivity (Wildman–Crippen MR) is 192 cm³/mol. The summed E-state index contributed by atoms with van der Waals surface area (Å²) in [6, 6.07) is 12.8. The van der Waals surface area contributed by atoms with Crippen LogP contribution in [0.4, 0.5) is 0 Å². The van der Waals surface area contributed by atoms with Gasteiger partial charge in [-0.2, -0.15) is 0 Å². The lowest BCUT2D eigenvalue weighted by Crippen LogP contribution is -2.30. The van der Waals surface area contributed by atoms with Crippen LogP contribution in [0.25, 0.3) is 0 Å². The van der Waals surface area contributed by atoms with E-state index in [0.29, 0.717) is 28.6 Å². The predicted octanol–water partition coefficient (Wildman–Crippen LogP) is 8.94. The highest BCUT2D eigenvalue weighted by atomic mass is 31.2. The van der Waals surface area contributed by atoms with E-state index in [4.69, 9.17) is 13.6 Å². The molecule has 7 heteroatoms. The van der Waals surface area contributed by atoms with Gasteiger partial charge in [-0.3, -0.25) is 0 Å². The standard InChI is InChI=1S/C36H51O3PSi3/c1-22-16-19-28(31(25(22)4)41-34(7,8)9)37-40(38-29-20-17-23(2)26(5)32(29)42-35(10,11)12)39-30-21-18-24(3)27(6)33(30)43-36(13,14)15/h16-21H,1-15H3. The molecule has 0 saturated heterocycles. The molecule has 3 nitrogen and oxygen atoms in total. The largest absolute Gasteiger partial charge is 0.530 e. The maximum atomic E-state index is 6.88. The molecule has 0 unspecified atom stereocenters. The van der Waals surface area contributed by atoms with Crippen LogP contribution in [0, 0.1) is 41.5 Å². The first kappa shape index (κ1) is 35.6. The van der Waals surface area contributed by atoms with Gasteiger partial charge in [-0.1, -0.05) is 80.5 Å². The van der Waals surface area contributed by atoms with Crippen LogP contribution in [0.5, 0.6) is 17.2 Å². The van der Waals surface area contributed by atoms with Gasteiger partial charge in [0.25, 0.3) is 0 Å². The Hall–Kier alpha value is -1.86. The fraction of sp³-hybridized carbons (Fsp3) is 0.500. The van der Waals surface area contributed by atoms with Crippen molar-refractivity contribution >= 4 is 52.7 Å². The van der Waals surface area contributed by atoms with E-state index in [2.05, 4.69) is 140 Å². The minimum Gasteiger partial charge on any atom is -0.409 e. The molecular formula is C36H51O3PSi3. The van der Waals surface area contributed by atoms with Crippen molar-refractivity contribution in [3.8, 4) is 17.2 Å². The highest BCUT2D eigenvalue weighted by molar-refractivity contribution is 7.43. The average molecular weight is 647 g/mol. The molecule has 0 saturated carbocycles. The molecule has 0 bridgehead atoms. The first-order valence-electron chi connectivity index (χ1n) is 15.1. The van der Waals surface area contributed by atoms with Gasteiger partial charge in [-0.25, -0.2) is 0 Å². The number of benzene rings is 3. The number of rotatable bonds is 9. The summed E-state index contributed by atoms with van der Waals surface area (Å²) in [4.78, 5) is 0. The van der Waals surface area contributed by atoms with Crippen LogP contribution in [0.1, 0.15) is 95.7 Å². The highest BCUT2D eigenvalue weighted by Gasteiger charge is 2.29. The van der Waals surface area contributed by atoms with E-state index in [-0.39, 0.29) is 15.1 Å². The summed E-state index contributed by atoms with van der Waals surface area (Å²) < 4.78 is 20.6.